The molecule has 1 rings (SSSR count). The van der Waals surface area contributed by atoms with Gasteiger partial charge < -0.3 is 4.74 Å². The highest BCUT2D eigenvalue weighted by Gasteiger charge is 2.04. The molecule has 0 saturated heterocycles. The van der Waals surface area contributed by atoms with Crippen LogP contribution in [0.5, 0.6) is 5.75 Å². The molecule has 0 aliphatic rings. The molecule has 0 aliphatic heterocycles. The summed E-state index contributed by atoms with van der Waals surface area (Å²) in [6.07, 6.45) is 0. The molecule has 86 valence electrons. The molecule has 1 aromatic carbocycles. The summed E-state index contributed by atoms with van der Waals surface area (Å²) in [6.45, 7) is 7.39. The summed E-state index contributed by atoms with van der Waals surface area (Å²) < 4.78 is 5.47. The van der Waals surface area contributed by atoms with Gasteiger partial charge in [0.05, 0.1) is 13.2 Å². The van der Waals surface area contributed by atoms with Gasteiger partial charge in [0.2, 0.25) is 0 Å². The predicted octanol–water partition coefficient (Wildman–Crippen LogP) is 2.76. The van der Waals surface area contributed by atoms with Crippen molar-refractivity contribution < 1.29 is 4.74 Å². The van der Waals surface area contributed by atoms with E-state index in [2.05, 4.69) is 36.2 Å². The minimum atomic E-state index is 0.293. The molecule has 0 saturated carbocycles. The van der Waals surface area contributed by atoms with Crippen LogP contribution in [0.1, 0.15) is 32.4 Å². The molecule has 0 bridgehead atoms. The van der Waals surface area contributed by atoms with Crippen LogP contribution in [0.2, 0.25) is 0 Å². The van der Waals surface area contributed by atoms with Crippen LogP contribution in [0.25, 0.3) is 0 Å². The molecule has 0 aromatic heterocycles. The fourth-order valence-electron chi connectivity index (χ4n) is 1.45. The molecule has 1 unspecified atom stereocenters. The van der Waals surface area contributed by atoms with Crippen LogP contribution in [0, 0.1) is 11.8 Å². The summed E-state index contributed by atoms with van der Waals surface area (Å²) in [5, 5.41) is 3.34. The van der Waals surface area contributed by atoms with Crippen molar-refractivity contribution in [2.45, 2.75) is 26.8 Å². The van der Waals surface area contributed by atoms with E-state index >= 15 is 0 Å². The van der Waals surface area contributed by atoms with Crippen molar-refractivity contribution in [3.8, 4) is 17.6 Å². The second kappa shape index (κ2) is 6.92. The summed E-state index contributed by atoms with van der Waals surface area (Å²) >= 11 is 0. The summed E-state index contributed by atoms with van der Waals surface area (Å²) in [5.74, 6) is 6.79. The topological polar surface area (TPSA) is 21.3 Å². The minimum absolute atomic E-state index is 0.293. The highest BCUT2D eigenvalue weighted by atomic mass is 16.5. The van der Waals surface area contributed by atoms with E-state index in [0.29, 0.717) is 12.6 Å². The molecule has 0 heterocycles. The fraction of sp³-hybridized carbons (Fsp3) is 0.429. The zero-order valence-electron chi connectivity index (χ0n) is 10.2. The SMILES string of the molecule is CC#CCNC(C)c1cccc(OCC)c1. The van der Waals surface area contributed by atoms with Gasteiger partial charge in [-0.15, -0.1) is 5.92 Å². The predicted molar refractivity (Wildman–Crippen MR) is 67.5 cm³/mol. The van der Waals surface area contributed by atoms with E-state index in [1.807, 2.05) is 26.0 Å². The quantitative estimate of drug-likeness (QED) is 0.766. The Bertz CT molecular complexity index is 376. The lowest BCUT2D eigenvalue weighted by atomic mass is 10.1. The minimum Gasteiger partial charge on any atom is -0.494 e. The van der Waals surface area contributed by atoms with Crippen LogP contribution in [-0.2, 0) is 0 Å². The molecule has 1 aromatic rings. The molecular formula is C14H19NO. The van der Waals surface area contributed by atoms with Crippen molar-refractivity contribution >= 4 is 0 Å². The van der Waals surface area contributed by atoms with E-state index in [1.165, 1.54) is 5.56 Å². The molecule has 0 radical (unpaired) electrons. The summed E-state index contributed by atoms with van der Waals surface area (Å²) in [4.78, 5) is 0. The van der Waals surface area contributed by atoms with Crippen molar-refractivity contribution in [3.63, 3.8) is 0 Å². The Labute approximate surface area is 98.0 Å². The molecule has 0 fully saturated rings. The largest absolute Gasteiger partial charge is 0.494 e. The van der Waals surface area contributed by atoms with Gasteiger partial charge in [0.1, 0.15) is 5.75 Å². The third-order valence-corrected chi connectivity index (χ3v) is 2.34. The molecular weight excluding hydrogens is 198 g/mol. The van der Waals surface area contributed by atoms with E-state index in [0.717, 1.165) is 12.3 Å². The maximum atomic E-state index is 5.47. The van der Waals surface area contributed by atoms with Gasteiger partial charge in [-0.1, -0.05) is 18.1 Å². The first-order valence-electron chi connectivity index (χ1n) is 5.63. The van der Waals surface area contributed by atoms with Crippen molar-refractivity contribution in [2.75, 3.05) is 13.2 Å². The number of nitrogens with one attached hydrogen (secondary N) is 1. The van der Waals surface area contributed by atoms with E-state index in [1.54, 1.807) is 0 Å². The second-order valence-corrected chi connectivity index (χ2v) is 3.53. The fourth-order valence-corrected chi connectivity index (χ4v) is 1.45. The van der Waals surface area contributed by atoms with Gasteiger partial charge in [-0.25, -0.2) is 0 Å². The molecule has 2 nitrogen and oxygen atoms in total. The maximum absolute atomic E-state index is 5.47. The van der Waals surface area contributed by atoms with Crippen LogP contribution in [-0.4, -0.2) is 13.2 Å². The van der Waals surface area contributed by atoms with Crippen LogP contribution in [0.4, 0.5) is 0 Å². The van der Waals surface area contributed by atoms with E-state index in [4.69, 9.17) is 4.74 Å². The highest BCUT2D eigenvalue weighted by Crippen LogP contribution is 2.18. The maximum Gasteiger partial charge on any atom is 0.119 e. The zero-order chi connectivity index (χ0) is 11.8. The summed E-state index contributed by atoms with van der Waals surface area (Å²) in [6, 6.07) is 8.46. The van der Waals surface area contributed by atoms with Crippen molar-refractivity contribution in [2.24, 2.45) is 0 Å². The van der Waals surface area contributed by atoms with Crippen LogP contribution >= 0.6 is 0 Å². The van der Waals surface area contributed by atoms with Gasteiger partial charge in [-0.05, 0) is 38.5 Å². The van der Waals surface area contributed by atoms with Gasteiger partial charge in [0, 0.05) is 6.04 Å². The van der Waals surface area contributed by atoms with Crippen LogP contribution in [0.15, 0.2) is 24.3 Å². The molecule has 1 atom stereocenters. The van der Waals surface area contributed by atoms with Gasteiger partial charge in [-0.2, -0.15) is 0 Å². The molecule has 2 heteroatoms. The Balaban J connectivity index is 2.62. The number of hydrogen-bond acceptors (Lipinski definition) is 2. The van der Waals surface area contributed by atoms with Gasteiger partial charge in [0.25, 0.3) is 0 Å². The first-order valence-corrected chi connectivity index (χ1v) is 5.63. The number of rotatable bonds is 5. The molecule has 0 aliphatic carbocycles. The number of hydrogen-bond donors (Lipinski definition) is 1. The average molecular weight is 217 g/mol. The van der Waals surface area contributed by atoms with Crippen molar-refractivity contribution in [3.05, 3.63) is 29.8 Å². The Morgan fingerprint density at radius 1 is 1.44 bits per heavy atom. The third-order valence-electron chi connectivity index (χ3n) is 2.34. The monoisotopic (exact) mass is 217 g/mol. The highest BCUT2D eigenvalue weighted by molar-refractivity contribution is 5.30. The van der Waals surface area contributed by atoms with E-state index in [9.17, 15) is 0 Å². The van der Waals surface area contributed by atoms with Crippen molar-refractivity contribution in [1.29, 1.82) is 0 Å². The van der Waals surface area contributed by atoms with Gasteiger partial charge >= 0.3 is 0 Å². The lowest BCUT2D eigenvalue weighted by Crippen LogP contribution is -2.18. The average Bonchev–Trinajstić information content (AvgIpc) is 2.30. The Morgan fingerprint density at radius 3 is 2.94 bits per heavy atom. The Hall–Kier alpha value is -1.46. The van der Waals surface area contributed by atoms with E-state index < -0.39 is 0 Å². The van der Waals surface area contributed by atoms with Crippen LogP contribution in [0.3, 0.4) is 0 Å². The number of benzene rings is 1. The Kier molecular flexibility index (Phi) is 5.45. The van der Waals surface area contributed by atoms with Gasteiger partial charge in [-0.3, -0.25) is 5.32 Å². The summed E-state index contributed by atoms with van der Waals surface area (Å²) in [5.41, 5.74) is 1.23. The molecule has 1 N–H and O–H groups in total. The normalized spacial score (nSPS) is 11.4. The smallest absolute Gasteiger partial charge is 0.119 e. The number of ether oxygens (including phenoxy) is 1. The Morgan fingerprint density at radius 2 is 2.25 bits per heavy atom. The van der Waals surface area contributed by atoms with E-state index in [-0.39, 0.29) is 0 Å². The second-order valence-electron chi connectivity index (χ2n) is 3.53. The zero-order valence-corrected chi connectivity index (χ0v) is 10.2. The molecule has 0 amide bonds. The van der Waals surface area contributed by atoms with Gasteiger partial charge in [0.15, 0.2) is 0 Å². The lowest BCUT2D eigenvalue weighted by Gasteiger charge is -2.13. The first-order chi connectivity index (χ1) is 7.77. The third kappa shape index (κ3) is 3.96. The lowest BCUT2D eigenvalue weighted by molar-refractivity contribution is 0.339. The summed E-state index contributed by atoms with van der Waals surface area (Å²) in [7, 11) is 0. The molecule has 0 spiro atoms. The standard InChI is InChI=1S/C14H19NO/c1-4-6-10-15-12(3)13-8-7-9-14(11-13)16-5-2/h7-9,11-12,15H,5,10H2,1-3H3. The first kappa shape index (κ1) is 12.6. The van der Waals surface area contributed by atoms with Crippen LogP contribution < -0.4 is 10.1 Å². The molecule has 16 heavy (non-hydrogen) atoms. The van der Waals surface area contributed by atoms with Crippen molar-refractivity contribution in [1.82, 2.24) is 5.32 Å².